The van der Waals surface area contributed by atoms with Crippen molar-refractivity contribution in [3.8, 4) is 0 Å². The lowest BCUT2D eigenvalue weighted by molar-refractivity contribution is -0.157. The number of esters is 2. The van der Waals surface area contributed by atoms with Gasteiger partial charge in [-0.3, -0.25) is 9.59 Å². The minimum Gasteiger partial charge on any atom is -0.460 e. The van der Waals surface area contributed by atoms with Crippen LogP contribution in [-0.4, -0.2) is 23.1 Å². The average Bonchev–Trinajstić information content (AvgIpc) is 2.12. The third-order valence-corrected chi connectivity index (χ3v) is 3.07. The van der Waals surface area contributed by atoms with E-state index in [1.807, 2.05) is 20.8 Å². The van der Waals surface area contributed by atoms with Crippen molar-refractivity contribution in [1.29, 1.82) is 0 Å². The van der Waals surface area contributed by atoms with Gasteiger partial charge in [-0.25, -0.2) is 0 Å². The first kappa shape index (κ1) is 17.9. The zero-order valence-electron chi connectivity index (χ0n) is 13.2. The molecule has 112 valence electrons. The molecule has 0 saturated heterocycles. The molecule has 0 aromatic heterocycles. The van der Waals surface area contributed by atoms with Crippen molar-refractivity contribution in [2.24, 2.45) is 0 Å². The molecule has 0 aliphatic carbocycles. The predicted octanol–water partition coefficient (Wildman–Crippen LogP) is 3.62. The van der Waals surface area contributed by atoms with Crippen LogP contribution in [0, 0.1) is 0 Å². The van der Waals surface area contributed by atoms with Crippen molar-refractivity contribution in [2.45, 2.75) is 84.8 Å². The third-order valence-electron chi connectivity index (χ3n) is 3.07. The molecular weight excluding hydrogens is 244 g/mol. The number of hydrogen-bond donors (Lipinski definition) is 0. The summed E-state index contributed by atoms with van der Waals surface area (Å²) in [5, 5.41) is 0. The summed E-state index contributed by atoms with van der Waals surface area (Å²) >= 11 is 0. The monoisotopic (exact) mass is 272 g/mol. The Morgan fingerprint density at radius 1 is 0.895 bits per heavy atom. The van der Waals surface area contributed by atoms with Crippen LogP contribution in [-0.2, 0) is 19.1 Å². The van der Waals surface area contributed by atoms with Gasteiger partial charge in [-0.15, -0.1) is 0 Å². The summed E-state index contributed by atoms with van der Waals surface area (Å²) in [5.74, 6) is -0.503. The smallest absolute Gasteiger partial charge is 0.303 e. The quantitative estimate of drug-likeness (QED) is 0.633. The van der Waals surface area contributed by atoms with Crippen molar-refractivity contribution in [1.82, 2.24) is 0 Å². The van der Waals surface area contributed by atoms with Crippen LogP contribution in [0.5, 0.6) is 0 Å². The molecule has 1 atom stereocenters. The Balaban J connectivity index is 4.33. The number of carbonyl (C=O) groups is 2. The zero-order chi connectivity index (χ0) is 15.1. The first-order valence-electron chi connectivity index (χ1n) is 6.99. The molecule has 0 aliphatic heterocycles. The molecule has 0 rings (SSSR count). The molecule has 0 fully saturated rings. The van der Waals surface area contributed by atoms with E-state index in [1.165, 1.54) is 13.8 Å². The molecule has 0 amide bonds. The van der Waals surface area contributed by atoms with Gasteiger partial charge in [-0.1, -0.05) is 13.3 Å². The fraction of sp³-hybridized carbons (Fsp3) is 0.867. The maximum Gasteiger partial charge on any atom is 0.303 e. The topological polar surface area (TPSA) is 52.6 Å². The van der Waals surface area contributed by atoms with Gasteiger partial charge in [0.05, 0.1) is 0 Å². The van der Waals surface area contributed by atoms with E-state index in [-0.39, 0.29) is 11.9 Å². The van der Waals surface area contributed by atoms with Crippen LogP contribution in [0.15, 0.2) is 0 Å². The highest BCUT2D eigenvalue weighted by molar-refractivity contribution is 5.66. The lowest BCUT2D eigenvalue weighted by Gasteiger charge is -2.31. The molecule has 0 spiro atoms. The van der Waals surface area contributed by atoms with E-state index in [4.69, 9.17) is 9.47 Å². The Bertz CT molecular complexity index is 309. The minimum atomic E-state index is -0.463. The highest BCUT2D eigenvalue weighted by Crippen LogP contribution is 2.27. The van der Waals surface area contributed by atoms with Gasteiger partial charge in [-0.2, -0.15) is 0 Å². The van der Waals surface area contributed by atoms with Crippen molar-refractivity contribution < 1.29 is 19.1 Å². The molecule has 0 heterocycles. The van der Waals surface area contributed by atoms with Gasteiger partial charge in [0.25, 0.3) is 0 Å². The van der Waals surface area contributed by atoms with E-state index < -0.39 is 11.2 Å². The normalized spacial score (nSPS) is 14.6. The minimum absolute atomic E-state index is 0.241. The SMILES string of the molecule is CCCC(C)(CCCC(C)(C)OC(C)=O)OC(C)=O. The largest absolute Gasteiger partial charge is 0.460 e. The second-order valence-electron chi connectivity index (χ2n) is 6.00. The zero-order valence-corrected chi connectivity index (χ0v) is 13.2. The molecule has 4 nitrogen and oxygen atoms in total. The van der Waals surface area contributed by atoms with Crippen molar-refractivity contribution in [2.75, 3.05) is 0 Å². The van der Waals surface area contributed by atoms with E-state index in [1.54, 1.807) is 0 Å². The summed E-state index contributed by atoms with van der Waals surface area (Å²) in [4.78, 5) is 22.1. The van der Waals surface area contributed by atoms with E-state index >= 15 is 0 Å². The van der Waals surface area contributed by atoms with Gasteiger partial charge >= 0.3 is 11.9 Å². The Kier molecular flexibility index (Phi) is 7.09. The Hall–Kier alpha value is -1.06. The molecule has 0 aromatic carbocycles. The van der Waals surface area contributed by atoms with Crippen LogP contribution in [0.3, 0.4) is 0 Å². The van der Waals surface area contributed by atoms with Gasteiger partial charge in [0.1, 0.15) is 11.2 Å². The van der Waals surface area contributed by atoms with Gasteiger partial charge in [0.2, 0.25) is 0 Å². The van der Waals surface area contributed by atoms with Crippen LogP contribution in [0.2, 0.25) is 0 Å². The molecule has 19 heavy (non-hydrogen) atoms. The summed E-state index contributed by atoms with van der Waals surface area (Å²) < 4.78 is 10.7. The van der Waals surface area contributed by atoms with Gasteiger partial charge < -0.3 is 9.47 Å². The summed E-state index contributed by atoms with van der Waals surface area (Å²) in [5.41, 5.74) is -0.873. The molecule has 0 N–H and O–H groups in total. The maximum absolute atomic E-state index is 11.1. The number of ether oxygens (including phenoxy) is 2. The van der Waals surface area contributed by atoms with Crippen molar-refractivity contribution in [3.05, 3.63) is 0 Å². The highest BCUT2D eigenvalue weighted by atomic mass is 16.6. The fourth-order valence-electron chi connectivity index (χ4n) is 2.43. The van der Waals surface area contributed by atoms with E-state index in [0.29, 0.717) is 0 Å². The Morgan fingerprint density at radius 3 is 1.84 bits per heavy atom. The molecule has 0 radical (unpaired) electrons. The molecule has 4 heteroatoms. The first-order chi connectivity index (χ1) is 8.60. The van der Waals surface area contributed by atoms with Gasteiger partial charge in [-0.05, 0) is 46.5 Å². The molecule has 0 saturated carbocycles. The van der Waals surface area contributed by atoms with E-state index in [0.717, 1.165) is 32.1 Å². The van der Waals surface area contributed by atoms with Crippen molar-refractivity contribution in [3.63, 3.8) is 0 Å². The summed E-state index contributed by atoms with van der Waals surface area (Å²) in [6.45, 7) is 10.7. The van der Waals surface area contributed by atoms with Crippen LogP contribution >= 0.6 is 0 Å². The molecule has 0 aliphatic rings. The second kappa shape index (κ2) is 7.51. The second-order valence-corrected chi connectivity index (χ2v) is 6.00. The number of rotatable bonds is 8. The molecular formula is C15H28O4. The van der Waals surface area contributed by atoms with Crippen LogP contribution < -0.4 is 0 Å². The number of hydrogen-bond acceptors (Lipinski definition) is 4. The van der Waals surface area contributed by atoms with Gasteiger partial charge in [0, 0.05) is 13.8 Å². The van der Waals surface area contributed by atoms with Crippen LogP contribution in [0.25, 0.3) is 0 Å². The molecule has 0 bridgehead atoms. The Morgan fingerprint density at radius 2 is 1.42 bits per heavy atom. The lowest BCUT2D eigenvalue weighted by Crippen LogP contribution is -2.32. The predicted molar refractivity (Wildman–Crippen MR) is 74.8 cm³/mol. The average molecular weight is 272 g/mol. The van der Waals surface area contributed by atoms with E-state index in [2.05, 4.69) is 6.92 Å². The molecule has 0 aromatic rings. The Labute approximate surface area is 116 Å². The fourth-order valence-corrected chi connectivity index (χ4v) is 2.43. The maximum atomic E-state index is 11.1. The van der Waals surface area contributed by atoms with Crippen molar-refractivity contribution >= 4 is 11.9 Å². The first-order valence-corrected chi connectivity index (χ1v) is 6.99. The highest BCUT2D eigenvalue weighted by Gasteiger charge is 2.28. The standard InChI is InChI=1S/C15H28O4/c1-7-9-15(6,19-13(3)17)11-8-10-14(4,5)18-12(2)16/h7-11H2,1-6H3. The summed E-state index contributed by atoms with van der Waals surface area (Å²) in [6.07, 6.45) is 4.21. The lowest BCUT2D eigenvalue weighted by atomic mass is 9.90. The third kappa shape index (κ3) is 8.62. The summed E-state index contributed by atoms with van der Waals surface area (Å²) in [7, 11) is 0. The van der Waals surface area contributed by atoms with Crippen LogP contribution in [0.1, 0.15) is 73.6 Å². The summed E-state index contributed by atoms with van der Waals surface area (Å²) in [6, 6.07) is 0. The molecule has 1 unspecified atom stereocenters. The van der Waals surface area contributed by atoms with E-state index in [9.17, 15) is 9.59 Å². The van der Waals surface area contributed by atoms with Gasteiger partial charge in [0.15, 0.2) is 0 Å². The number of carbonyl (C=O) groups excluding carboxylic acids is 2. The van der Waals surface area contributed by atoms with Crippen LogP contribution in [0.4, 0.5) is 0 Å².